The van der Waals surface area contributed by atoms with Crippen molar-refractivity contribution in [2.75, 3.05) is 18.8 Å². The number of fused-ring (bicyclic) bond motifs is 1. The summed E-state index contributed by atoms with van der Waals surface area (Å²) in [6.45, 7) is 1.71. The molecular weight excluding hydrogens is 345 g/mol. The zero-order chi connectivity index (χ0) is 18.3. The first kappa shape index (κ1) is 16.8. The summed E-state index contributed by atoms with van der Waals surface area (Å²) >= 11 is 0. The standard InChI is InChI=1S/C17H17F3N6/c18-17(19,20)11-5-3-10(4-6-11)14-13-15(21)23-9-24-16(13)26(25-14)12-2-1-7-22-8-12/h3-6,9,12,22H,1-2,7-8H2,(H2,21,23,24)/t12-/m1/s1. The van der Waals surface area contributed by atoms with Crippen molar-refractivity contribution in [1.82, 2.24) is 25.1 Å². The molecule has 0 radical (unpaired) electrons. The van der Waals surface area contributed by atoms with Crippen LogP contribution in [0.1, 0.15) is 24.4 Å². The van der Waals surface area contributed by atoms with Crippen molar-refractivity contribution in [2.45, 2.75) is 25.1 Å². The minimum atomic E-state index is -4.38. The number of piperidine rings is 1. The van der Waals surface area contributed by atoms with Gasteiger partial charge in [-0.1, -0.05) is 12.1 Å². The van der Waals surface area contributed by atoms with Crippen molar-refractivity contribution >= 4 is 16.9 Å². The van der Waals surface area contributed by atoms with Gasteiger partial charge in [0.2, 0.25) is 0 Å². The largest absolute Gasteiger partial charge is 0.416 e. The molecule has 0 unspecified atom stereocenters. The van der Waals surface area contributed by atoms with E-state index in [4.69, 9.17) is 5.73 Å². The Labute approximate surface area is 147 Å². The fourth-order valence-corrected chi connectivity index (χ4v) is 3.31. The van der Waals surface area contributed by atoms with Gasteiger partial charge in [0.25, 0.3) is 0 Å². The maximum Gasteiger partial charge on any atom is 0.416 e. The molecule has 0 amide bonds. The van der Waals surface area contributed by atoms with Crippen LogP contribution in [0.5, 0.6) is 0 Å². The Bertz CT molecular complexity index is 926. The maximum atomic E-state index is 12.8. The van der Waals surface area contributed by atoms with E-state index in [0.717, 1.165) is 38.1 Å². The minimum absolute atomic E-state index is 0.115. The molecule has 2 aromatic heterocycles. The van der Waals surface area contributed by atoms with E-state index in [1.165, 1.54) is 18.5 Å². The molecule has 4 rings (SSSR count). The molecule has 0 saturated carbocycles. The van der Waals surface area contributed by atoms with Gasteiger partial charge in [-0.05, 0) is 31.5 Å². The second-order valence-electron chi connectivity index (χ2n) is 6.33. The topological polar surface area (TPSA) is 81.7 Å². The lowest BCUT2D eigenvalue weighted by molar-refractivity contribution is -0.137. The Hall–Kier alpha value is -2.68. The lowest BCUT2D eigenvalue weighted by Gasteiger charge is -2.23. The molecule has 26 heavy (non-hydrogen) atoms. The third-order valence-electron chi connectivity index (χ3n) is 4.62. The number of nitrogen functional groups attached to an aromatic ring is 1. The summed E-state index contributed by atoms with van der Waals surface area (Å²) in [6.07, 6.45) is -1.04. The highest BCUT2D eigenvalue weighted by atomic mass is 19.4. The van der Waals surface area contributed by atoms with E-state index < -0.39 is 11.7 Å². The highest BCUT2D eigenvalue weighted by Crippen LogP contribution is 2.35. The number of alkyl halides is 3. The molecule has 1 aliphatic rings. The zero-order valence-electron chi connectivity index (χ0n) is 13.8. The van der Waals surface area contributed by atoms with Gasteiger partial charge in [0.05, 0.1) is 17.0 Å². The summed E-state index contributed by atoms with van der Waals surface area (Å²) in [6, 6.07) is 5.01. The Morgan fingerprint density at radius 2 is 1.92 bits per heavy atom. The molecular formula is C17H17F3N6. The van der Waals surface area contributed by atoms with Crippen LogP contribution >= 0.6 is 0 Å². The Balaban J connectivity index is 1.84. The third-order valence-corrected chi connectivity index (χ3v) is 4.62. The second kappa shape index (κ2) is 6.24. The van der Waals surface area contributed by atoms with E-state index in [0.29, 0.717) is 22.3 Å². The molecule has 1 aliphatic heterocycles. The summed E-state index contributed by atoms with van der Waals surface area (Å²) in [5.41, 5.74) is 6.98. The SMILES string of the molecule is Nc1ncnc2c1c(-c1ccc(C(F)(F)F)cc1)nn2[C@@H]1CCCNC1. The molecule has 0 spiro atoms. The molecule has 1 saturated heterocycles. The molecule has 3 N–H and O–H groups in total. The first-order valence-electron chi connectivity index (χ1n) is 8.32. The Morgan fingerprint density at radius 1 is 1.15 bits per heavy atom. The molecule has 1 aromatic carbocycles. The molecule has 6 nitrogen and oxygen atoms in total. The van der Waals surface area contributed by atoms with Gasteiger partial charge in [0.15, 0.2) is 5.65 Å². The van der Waals surface area contributed by atoms with Gasteiger partial charge in [-0.15, -0.1) is 0 Å². The van der Waals surface area contributed by atoms with Crippen LogP contribution in [-0.4, -0.2) is 32.8 Å². The highest BCUT2D eigenvalue weighted by molar-refractivity contribution is 5.98. The van der Waals surface area contributed by atoms with Gasteiger partial charge in [0.1, 0.15) is 17.8 Å². The number of halogens is 3. The van der Waals surface area contributed by atoms with Gasteiger partial charge in [-0.2, -0.15) is 18.3 Å². The average molecular weight is 362 g/mol. The van der Waals surface area contributed by atoms with Crippen molar-refractivity contribution < 1.29 is 13.2 Å². The van der Waals surface area contributed by atoms with Crippen molar-refractivity contribution in [3.63, 3.8) is 0 Å². The van der Waals surface area contributed by atoms with Crippen LogP contribution in [0.4, 0.5) is 19.0 Å². The monoisotopic (exact) mass is 362 g/mol. The minimum Gasteiger partial charge on any atom is -0.383 e. The number of nitrogens with two attached hydrogens (primary N) is 1. The predicted octanol–water partition coefficient (Wildman–Crippen LogP) is 3.02. The summed E-state index contributed by atoms with van der Waals surface area (Å²) in [7, 11) is 0. The Kier molecular flexibility index (Phi) is 4.03. The Morgan fingerprint density at radius 3 is 2.58 bits per heavy atom. The van der Waals surface area contributed by atoms with E-state index in [2.05, 4.69) is 20.4 Å². The van der Waals surface area contributed by atoms with Gasteiger partial charge in [0, 0.05) is 12.1 Å². The molecule has 3 aromatic rings. The van der Waals surface area contributed by atoms with E-state index >= 15 is 0 Å². The summed E-state index contributed by atoms with van der Waals surface area (Å²) in [5.74, 6) is 0.264. The summed E-state index contributed by atoms with van der Waals surface area (Å²) < 4.78 is 40.3. The molecule has 136 valence electrons. The molecule has 0 aliphatic carbocycles. The normalized spacial score (nSPS) is 18.3. The maximum absolute atomic E-state index is 12.8. The number of anilines is 1. The quantitative estimate of drug-likeness (QED) is 0.732. The molecule has 1 fully saturated rings. The van der Waals surface area contributed by atoms with Gasteiger partial charge in [-0.25, -0.2) is 14.6 Å². The highest BCUT2D eigenvalue weighted by Gasteiger charge is 2.30. The van der Waals surface area contributed by atoms with Crippen LogP contribution < -0.4 is 11.1 Å². The van der Waals surface area contributed by atoms with Gasteiger partial charge >= 0.3 is 6.18 Å². The van der Waals surface area contributed by atoms with Crippen molar-refractivity contribution in [3.8, 4) is 11.3 Å². The summed E-state index contributed by atoms with van der Waals surface area (Å²) in [5, 5.41) is 8.54. The first-order chi connectivity index (χ1) is 12.4. The van der Waals surface area contributed by atoms with Crippen LogP contribution in [0.15, 0.2) is 30.6 Å². The van der Waals surface area contributed by atoms with Crippen LogP contribution in [-0.2, 0) is 6.18 Å². The number of hydrogen-bond donors (Lipinski definition) is 2. The molecule has 1 atom stereocenters. The summed E-state index contributed by atoms with van der Waals surface area (Å²) in [4.78, 5) is 8.35. The lowest BCUT2D eigenvalue weighted by atomic mass is 10.1. The van der Waals surface area contributed by atoms with Crippen LogP contribution in [0.2, 0.25) is 0 Å². The van der Waals surface area contributed by atoms with Gasteiger partial charge in [-0.3, -0.25) is 0 Å². The number of nitrogens with zero attached hydrogens (tertiary/aromatic N) is 4. The number of aromatic nitrogens is 4. The number of nitrogens with one attached hydrogen (secondary N) is 1. The van der Waals surface area contributed by atoms with E-state index in [9.17, 15) is 13.2 Å². The number of hydrogen-bond acceptors (Lipinski definition) is 5. The first-order valence-corrected chi connectivity index (χ1v) is 8.32. The van der Waals surface area contributed by atoms with Gasteiger partial charge < -0.3 is 11.1 Å². The van der Waals surface area contributed by atoms with Crippen LogP contribution in [0.3, 0.4) is 0 Å². The molecule has 9 heteroatoms. The van der Waals surface area contributed by atoms with Crippen molar-refractivity contribution in [2.24, 2.45) is 0 Å². The molecule has 0 bridgehead atoms. The lowest BCUT2D eigenvalue weighted by Crippen LogP contribution is -2.32. The van der Waals surface area contributed by atoms with E-state index in [1.807, 2.05) is 4.68 Å². The fraction of sp³-hybridized carbons (Fsp3) is 0.353. The third kappa shape index (κ3) is 2.88. The fourth-order valence-electron chi connectivity index (χ4n) is 3.31. The second-order valence-corrected chi connectivity index (χ2v) is 6.33. The van der Waals surface area contributed by atoms with E-state index in [1.54, 1.807) is 0 Å². The average Bonchev–Trinajstić information content (AvgIpc) is 3.03. The van der Waals surface area contributed by atoms with Crippen LogP contribution in [0.25, 0.3) is 22.3 Å². The van der Waals surface area contributed by atoms with E-state index in [-0.39, 0.29) is 11.9 Å². The smallest absolute Gasteiger partial charge is 0.383 e. The van der Waals surface area contributed by atoms with Crippen molar-refractivity contribution in [3.05, 3.63) is 36.2 Å². The molecule has 3 heterocycles. The zero-order valence-corrected chi connectivity index (χ0v) is 13.8. The predicted molar refractivity (Wildman–Crippen MR) is 91.3 cm³/mol. The number of rotatable bonds is 2. The number of benzene rings is 1. The van der Waals surface area contributed by atoms with Crippen molar-refractivity contribution in [1.29, 1.82) is 0 Å². The van der Waals surface area contributed by atoms with Crippen LogP contribution in [0, 0.1) is 0 Å².